The van der Waals surface area contributed by atoms with Crippen LogP contribution in [-0.2, 0) is 10.5 Å². The fraction of sp³-hybridized carbons (Fsp3) is 0.316. The van der Waals surface area contributed by atoms with E-state index in [9.17, 15) is 4.79 Å². The number of aryl methyl sites for hydroxylation is 2. The second-order valence-electron chi connectivity index (χ2n) is 5.71. The van der Waals surface area contributed by atoms with Crippen LogP contribution in [0.5, 0.6) is 5.75 Å². The first-order valence-electron chi connectivity index (χ1n) is 7.94. The van der Waals surface area contributed by atoms with E-state index in [2.05, 4.69) is 11.4 Å². The lowest BCUT2D eigenvalue weighted by molar-refractivity contribution is -0.118. The average Bonchev–Trinajstić information content (AvgIpc) is 2.58. The van der Waals surface area contributed by atoms with Gasteiger partial charge in [-0.1, -0.05) is 41.4 Å². The minimum Gasteiger partial charge on any atom is -0.491 e. The van der Waals surface area contributed by atoms with Crippen molar-refractivity contribution in [3.8, 4) is 5.75 Å². The van der Waals surface area contributed by atoms with Crippen LogP contribution in [0.15, 0.2) is 36.4 Å². The highest BCUT2D eigenvalue weighted by atomic mass is 35.5. The summed E-state index contributed by atoms with van der Waals surface area (Å²) in [7, 11) is 0. The Bertz CT molecular complexity index is 737. The van der Waals surface area contributed by atoms with E-state index in [1.54, 1.807) is 6.07 Å². The zero-order chi connectivity index (χ0) is 18.2. The predicted octanol–water partition coefficient (Wildman–Crippen LogP) is 5.04. The fourth-order valence-electron chi connectivity index (χ4n) is 2.16. The van der Waals surface area contributed by atoms with Crippen molar-refractivity contribution in [1.29, 1.82) is 0 Å². The third-order valence-corrected chi connectivity index (χ3v) is 5.25. The van der Waals surface area contributed by atoms with Crippen LogP contribution in [0.1, 0.15) is 16.7 Å². The molecule has 0 aliphatic carbocycles. The number of hydrogen-bond acceptors (Lipinski definition) is 3. The molecule has 0 aliphatic rings. The lowest BCUT2D eigenvalue weighted by atomic mass is 10.1. The van der Waals surface area contributed by atoms with Crippen molar-refractivity contribution >= 4 is 40.9 Å². The second-order valence-corrected chi connectivity index (χ2v) is 7.51. The number of thioether (sulfide) groups is 1. The summed E-state index contributed by atoms with van der Waals surface area (Å²) in [5.41, 5.74) is 3.29. The van der Waals surface area contributed by atoms with Gasteiger partial charge < -0.3 is 10.1 Å². The van der Waals surface area contributed by atoms with Crippen molar-refractivity contribution in [3.63, 3.8) is 0 Å². The van der Waals surface area contributed by atoms with Crippen molar-refractivity contribution in [3.05, 3.63) is 63.1 Å². The molecular weight excluding hydrogens is 377 g/mol. The van der Waals surface area contributed by atoms with Crippen LogP contribution >= 0.6 is 35.0 Å². The van der Waals surface area contributed by atoms with Gasteiger partial charge in [0.2, 0.25) is 5.91 Å². The molecule has 25 heavy (non-hydrogen) atoms. The molecule has 0 bridgehead atoms. The van der Waals surface area contributed by atoms with Gasteiger partial charge in [0.1, 0.15) is 12.4 Å². The summed E-state index contributed by atoms with van der Waals surface area (Å²) in [5.74, 6) is 1.96. The molecule has 0 heterocycles. The van der Waals surface area contributed by atoms with Gasteiger partial charge in [-0.2, -0.15) is 0 Å². The Kier molecular flexibility index (Phi) is 7.94. The molecule has 3 nitrogen and oxygen atoms in total. The fourth-order valence-corrected chi connectivity index (χ4v) is 3.28. The van der Waals surface area contributed by atoms with Crippen molar-refractivity contribution < 1.29 is 9.53 Å². The summed E-state index contributed by atoms with van der Waals surface area (Å²) < 4.78 is 5.72. The lowest BCUT2D eigenvalue weighted by Crippen LogP contribution is -2.29. The van der Waals surface area contributed by atoms with E-state index in [0.717, 1.165) is 22.4 Å². The number of carbonyl (C=O) groups is 1. The molecule has 0 saturated carbocycles. The average molecular weight is 398 g/mol. The Labute approximate surface area is 163 Å². The molecule has 6 heteroatoms. The number of ether oxygens (including phenoxy) is 1. The van der Waals surface area contributed by atoms with Crippen LogP contribution in [-0.4, -0.2) is 24.8 Å². The normalized spacial score (nSPS) is 10.6. The molecular formula is C19H21Cl2NO2S. The number of halogens is 2. The summed E-state index contributed by atoms with van der Waals surface area (Å²) in [4.78, 5) is 11.9. The number of rotatable bonds is 8. The first kappa shape index (κ1) is 20.0. The third kappa shape index (κ3) is 6.81. The Morgan fingerprint density at radius 3 is 2.68 bits per heavy atom. The topological polar surface area (TPSA) is 38.3 Å². The van der Waals surface area contributed by atoms with E-state index < -0.39 is 0 Å². The quantitative estimate of drug-likeness (QED) is 0.634. The lowest BCUT2D eigenvalue weighted by Gasteiger charge is -2.10. The highest BCUT2D eigenvalue weighted by Gasteiger charge is 2.04. The summed E-state index contributed by atoms with van der Waals surface area (Å²) in [6, 6.07) is 11.6. The Balaban J connectivity index is 1.64. The molecule has 0 spiro atoms. The maximum atomic E-state index is 11.9. The van der Waals surface area contributed by atoms with Crippen LogP contribution < -0.4 is 10.1 Å². The van der Waals surface area contributed by atoms with E-state index in [1.807, 2.05) is 38.1 Å². The third-order valence-electron chi connectivity index (χ3n) is 3.51. The molecule has 2 rings (SSSR count). The Morgan fingerprint density at radius 1 is 1.12 bits per heavy atom. The largest absolute Gasteiger partial charge is 0.491 e. The molecule has 1 N–H and O–H groups in total. The van der Waals surface area contributed by atoms with Crippen LogP contribution in [0.4, 0.5) is 0 Å². The van der Waals surface area contributed by atoms with Crippen molar-refractivity contribution in [1.82, 2.24) is 5.32 Å². The van der Waals surface area contributed by atoms with Gasteiger partial charge in [0.25, 0.3) is 0 Å². The molecule has 2 aromatic rings. The Morgan fingerprint density at radius 2 is 1.92 bits per heavy atom. The van der Waals surface area contributed by atoms with Crippen LogP contribution in [0.2, 0.25) is 10.0 Å². The molecule has 0 aliphatic heterocycles. The number of nitrogens with one attached hydrogen (secondary N) is 1. The van der Waals surface area contributed by atoms with Gasteiger partial charge in [-0.15, -0.1) is 11.8 Å². The molecule has 0 fully saturated rings. The highest BCUT2D eigenvalue weighted by molar-refractivity contribution is 7.99. The van der Waals surface area contributed by atoms with Gasteiger partial charge in [-0.3, -0.25) is 4.79 Å². The van der Waals surface area contributed by atoms with Crippen LogP contribution in [0.3, 0.4) is 0 Å². The number of hydrogen-bond donors (Lipinski definition) is 1. The first-order chi connectivity index (χ1) is 12.0. The van der Waals surface area contributed by atoms with Gasteiger partial charge in [0.15, 0.2) is 0 Å². The van der Waals surface area contributed by atoms with Crippen LogP contribution in [0.25, 0.3) is 0 Å². The maximum Gasteiger partial charge on any atom is 0.230 e. The molecule has 2 aromatic carbocycles. The minimum absolute atomic E-state index is 0.00498. The molecule has 0 saturated heterocycles. The number of benzene rings is 2. The predicted molar refractivity (Wildman–Crippen MR) is 107 cm³/mol. The van der Waals surface area contributed by atoms with Gasteiger partial charge in [-0.05, 0) is 48.7 Å². The zero-order valence-corrected chi connectivity index (χ0v) is 16.6. The first-order valence-corrected chi connectivity index (χ1v) is 9.85. The van der Waals surface area contributed by atoms with Gasteiger partial charge in [-0.25, -0.2) is 0 Å². The van der Waals surface area contributed by atoms with E-state index in [4.69, 9.17) is 27.9 Å². The molecule has 0 unspecified atom stereocenters. The molecule has 134 valence electrons. The zero-order valence-electron chi connectivity index (χ0n) is 14.3. The van der Waals surface area contributed by atoms with E-state index >= 15 is 0 Å². The summed E-state index contributed by atoms with van der Waals surface area (Å²) in [5, 5.41) is 3.94. The monoisotopic (exact) mass is 397 g/mol. The maximum absolute atomic E-state index is 11.9. The molecule has 0 atom stereocenters. The highest BCUT2D eigenvalue weighted by Crippen LogP contribution is 2.24. The molecule has 0 radical (unpaired) electrons. The van der Waals surface area contributed by atoms with Gasteiger partial charge in [0, 0.05) is 5.75 Å². The summed E-state index contributed by atoms with van der Waals surface area (Å²) >= 11 is 13.4. The van der Waals surface area contributed by atoms with E-state index in [0.29, 0.717) is 34.7 Å². The molecule has 1 amide bonds. The van der Waals surface area contributed by atoms with E-state index in [-0.39, 0.29) is 5.91 Å². The van der Waals surface area contributed by atoms with Crippen molar-refractivity contribution in [2.45, 2.75) is 19.6 Å². The second kappa shape index (κ2) is 9.95. The SMILES string of the molecule is Cc1ccc(C)c(OCCNC(=O)CSCc2ccc(Cl)c(Cl)c2)c1. The smallest absolute Gasteiger partial charge is 0.230 e. The van der Waals surface area contributed by atoms with Gasteiger partial charge in [0.05, 0.1) is 22.3 Å². The van der Waals surface area contributed by atoms with Gasteiger partial charge >= 0.3 is 0 Å². The molecule has 0 aromatic heterocycles. The standard InChI is InChI=1S/C19H21Cl2NO2S/c1-13-3-4-14(2)18(9-13)24-8-7-22-19(23)12-25-11-15-5-6-16(20)17(21)10-15/h3-6,9-10H,7-8,11-12H2,1-2H3,(H,22,23). The van der Waals surface area contributed by atoms with E-state index in [1.165, 1.54) is 11.8 Å². The Hall–Kier alpha value is -1.36. The number of amides is 1. The van der Waals surface area contributed by atoms with Crippen molar-refractivity contribution in [2.75, 3.05) is 18.9 Å². The number of carbonyl (C=O) groups excluding carboxylic acids is 1. The van der Waals surface area contributed by atoms with Crippen LogP contribution in [0, 0.1) is 13.8 Å². The summed E-state index contributed by atoms with van der Waals surface area (Å²) in [6.07, 6.45) is 0. The summed E-state index contributed by atoms with van der Waals surface area (Å²) in [6.45, 7) is 4.97. The van der Waals surface area contributed by atoms with Crippen molar-refractivity contribution in [2.24, 2.45) is 0 Å². The minimum atomic E-state index is -0.00498.